The molecule has 2 N–H and O–H groups in total. The maximum absolute atomic E-state index is 5.84. The lowest BCUT2D eigenvalue weighted by molar-refractivity contribution is 0.349. The lowest BCUT2D eigenvalue weighted by Crippen LogP contribution is -2.09. The summed E-state index contributed by atoms with van der Waals surface area (Å²) in [5.74, 6) is 2.22. The molecular formula is C12H21N3OS. The van der Waals surface area contributed by atoms with Crippen LogP contribution in [-0.2, 0) is 5.75 Å². The van der Waals surface area contributed by atoms with E-state index in [1.165, 1.54) is 32.1 Å². The van der Waals surface area contributed by atoms with Crippen molar-refractivity contribution in [3.63, 3.8) is 0 Å². The van der Waals surface area contributed by atoms with Gasteiger partial charge in [0, 0.05) is 5.25 Å². The van der Waals surface area contributed by atoms with Crippen LogP contribution < -0.4 is 5.73 Å². The molecule has 1 aliphatic rings. The zero-order valence-corrected chi connectivity index (χ0v) is 11.2. The molecular weight excluding hydrogens is 234 g/mol. The smallest absolute Gasteiger partial charge is 0.243 e. The summed E-state index contributed by atoms with van der Waals surface area (Å²) in [6.07, 6.45) is 7.64. The highest BCUT2D eigenvalue weighted by molar-refractivity contribution is 7.99. The minimum Gasteiger partial charge on any atom is -0.338 e. The maximum Gasteiger partial charge on any atom is 0.243 e. The molecule has 0 saturated heterocycles. The molecule has 17 heavy (non-hydrogen) atoms. The number of hydrogen-bond donors (Lipinski definition) is 1. The van der Waals surface area contributed by atoms with Gasteiger partial charge < -0.3 is 10.3 Å². The van der Waals surface area contributed by atoms with E-state index in [4.69, 9.17) is 10.3 Å². The van der Waals surface area contributed by atoms with Gasteiger partial charge in [-0.15, -0.1) is 0 Å². The van der Waals surface area contributed by atoms with Gasteiger partial charge in [0.15, 0.2) is 5.82 Å². The van der Waals surface area contributed by atoms with Crippen LogP contribution in [0.4, 0.5) is 0 Å². The third-order valence-corrected chi connectivity index (χ3v) is 4.61. The second-order valence-corrected chi connectivity index (χ2v) is 5.92. The molecule has 0 aromatic carbocycles. The lowest BCUT2D eigenvalue weighted by Gasteiger charge is -2.19. The number of nitrogens with zero attached hydrogens (tertiary/aromatic N) is 2. The van der Waals surface area contributed by atoms with Crippen LogP contribution in [0, 0.1) is 0 Å². The Morgan fingerprint density at radius 3 is 2.88 bits per heavy atom. The van der Waals surface area contributed by atoms with Crippen molar-refractivity contribution in [1.82, 2.24) is 10.1 Å². The average Bonchev–Trinajstić information content (AvgIpc) is 2.85. The van der Waals surface area contributed by atoms with Crippen molar-refractivity contribution in [3.05, 3.63) is 11.7 Å². The van der Waals surface area contributed by atoms with Crippen LogP contribution in [0.2, 0.25) is 0 Å². The molecule has 1 fully saturated rings. The van der Waals surface area contributed by atoms with Gasteiger partial charge in [0.2, 0.25) is 5.89 Å². The van der Waals surface area contributed by atoms with E-state index in [1.807, 2.05) is 18.7 Å². The van der Waals surface area contributed by atoms with Crippen molar-refractivity contribution in [2.24, 2.45) is 5.73 Å². The fourth-order valence-electron chi connectivity index (χ4n) is 2.08. The molecule has 0 aliphatic heterocycles. The van der Waals surface area contributed by atoms with Crippen molar-refractivity contribution >= 4 is 11.8 Å². The van der Waals surface area contributed by atoms with Crippen molar-refractivity contribution in [3.8, 4) is 0 Å². The van der Waals surface area contributed by atoms with Gasteiger partial charge in [0.05, 0.1) is 11.8 Å². The Morgan fingerprint density at radius 2 is 2.18 bits per heavy atom. The van der Waals surface area contributed by atoms with Crippen molar-refractivity contribution < 1.29 is 4.52 Å². The SMILES string of the molecule is CCC(N)c1nc(CSC2CCCCC2)no1. The van der Waals surface area contributed by atoms with Crippen LogP contribution >= 0.6 is 11.8 Å². The maximum atomic E-state index is 5.84. The summed E-state index contributed by atoms with van der Waals surface area (Å²) in [5.41, 5.74) is 5.84. The molecule has 0 bridgehead atoms. The molecule has 1 aromatic rings. The van der Waals surface area contributed by atoms with Crippen LogP contribution in [0.5, 0.6) is 0 Å². The summed E-state index contributed by atoms with van der Waals surface area (Å²) >= 11 is 1.96. The summed E-state index contributed by atoms with van der Waals surface area (Å²) in [5, 5.41) is 4.77. The Balaban J connectivity index is 1.80. The van der Waals surface area contributed by atoms with Gasteiger partial charge in [0.1, 0.15) is 0 Å². The van der Waals surface area contributed by atoms with E-state index in [1.54, 1.807) is 0 Å². The zero-order valence-electron chi connectivity index (χ0n) is 10.4. The molecule has 96 valence electrons. The van der Waals surface area contributed by atoms with Crippen LogP contribution in [0.1, 0.15) is 63.2 Å². The van der Waals surface area contributed by atoms with E-state index in [0.29, 0.717) is 5.89 Å². The molecule has 4 nitrogen and oxygen atoms in total. The predicted octanol–water partition coefficient (Wildman–Crippen LogP) is 3.05. The molecule has 5 heteroatoms. The highest BCUT2D eigenvalue weighted by Gasteiger charge is 2.16. The number of rotatable bonds is 5. The van der Waals surface area contributed by atoms with E-state index in [2.05, 4.69) is 10.1 Å². The molecule has 0 radical (unpaired) electrons. The van der Waals surface area contributed by atoms with Crippen LogP contribution in [0.3, 0.4) is 0 Å². The van der Waals surface area contributed by atoms with Gasteiger partial charge in [-0.25, -0.2) is 0 Å². The van der Waals surface area contributed by atoms with Gasteiger partial charge in [-0.3, -0.25) is 0 Å². The predicted molar refractivity (Wildman–Crippen MR) is 69.7 cm³/mol. The number of thioether (sulfide) groups is 1. The Hall–Kier alpha value is -0.550. The van der Waals surface area contributed by atoms with Crippen molar-refractivity contribution in [2.75, 3.05) is 0 Å². The van der Waals surface area contributed by atoms with E-state index in [-0.39, 0.29) is 6.04 Å². The van der Waals surface area contributed by atoms with Crippen LogP contribution in [0.15, 0.2) is 4.52 Å². The Labute approximate surface area is 107 Å². The second-order valence-electron chi connectivity index (χ2n) is 4.63. The largest absolute Gasteiger partial charge is 0.338 e. The summed E-state index contributed by atoms with van der Waals surface area (Å²) < 4.78 is 5.16. The molecule has 1 heterocycles. The molecule has 1 aromatic heterocycles. The summed E-state index contributed by atoms with van der Waals surface area (Å²) in [6, 6.07) is -0.115. The Kier molecular flexibility index (Phi) is 4.86. The van der Waals surface area contributed by atoms with Gasteiger partial charge in [-0.2, -0.15) is 16.7 Å². The van der Waals surface area contributed by atoms with Gasteiger partial charge in [-0.1, -0.05) is 31.3 Å². The fourth-order valence-corrected chi connectivity index (χ4v) is 3.24. The average molecular weight is 255 g/mol. The quantitative estimate of drug-likeness (QED) is 0.876. The first-order chi connectivity index (χ1) is 8.29. The zero-order chi connectivity index (χ0) is 12.1. The summed E-state index contributed by atoms with van der Waals surface area (Å²) in [7, 11) is 0. The van der Waals surface area contributed by atoms with Gasteiger partial charge in [-0.05, 0) is 19.3 Å². The van der Waals surface area contributed by atoms with E-state index in [0.717, 1.165) is 23.2 Å². The van der Waals surface area contributed by atoms with E-state index < -0.39 is 0 Å². The third kappa shape index (κ3) is 3.71. The highest BCUT2D eigenvalue weighted by Crippen LogP contribution is 2.30. The highest BCUT2D eigenvalue weighted by atomic mass is 32.2. The molecule has 2 rings (SSSR count). The normalized spacial score (nSPS) is 19.4. The molecule has 1 saturated carbocycles. The van der Waals surface area contributed by atoms with Crippen LogP contribution in [0.25, 0.3) is 0 Å². The first kappa shape index (κ1) is 12.9. The first-order valence-electron chi connectivity index (χ1n) is 6.49. The van der Waals surface area contributed by atoms with E-state index >= 15 is 0 Å². The molecule has 0 spiro atoms. The molecule has 1 aliphatic carbocycles. The monoisotopic (exact) mass is 255 g/mol. The molecule has 0 amide bonds. The molecule has 1 atom stereocenters. The second kappa shape index (κ2) is 6.40. The lowest BCUT2D eigenvalue weighted by atomic mass is 10.0. The van der Waals surface area contributed by atoms with Crippen molar-refractivity contribution in [1.29, 1.82) is 0 Å². The third-order valence-electron chi connectivity index (χ3n) is 3.24. The fraction of sp³-hybridized carbons (Fsp3) is 0.833. The Bertz CT molecular complexity index is 336. The summed E-state index contributed by atoms with van der Waals surface area (Å²) in [4.78, 5) is 4.34. The first-order valence-corrected chi connectivity index (χ1v) is 7.54. The van der Waals surface area contributed by atoms with Crippen molar-refractivity contribution in [2.45, 2.75) is 62.5 Å². The number of hydrogen-bond acceptors (Lipinski definition) is 5. The number of nitrogens with two attached hydrogens (primary N) is 1. The molecule has 1 unspecified atom stereocenters. The Morgan fingerprint density at radius 1 is 1.41 bits per heavy atom. The number of aromatic nitrogens is 2. The van der Waals surface area contributed by atoms with Crippen LogP contribution in [-0.4, -0.2) is 15.4 Å². The standard InChI is InChI=1S/C12H21N3OS/c1-2-10(13)12-14-11(15-16-12)8-17-9-6-4-3-5-7-9/h9-10H,2-8,13H2,1H3. The minimum atomic E-state index is -0.115. The summed E-state index contributed by atoms with van der Waals surface area (Å²) in [6.45, 7) is 2.02. The van der Waals surface area contributed by atoms with Gasteiger partial charge >= 0.3 is 0 Å². The van der Waals surface area contributed by atoms with Gasteiger partial charge in [0.25, 0.3) is 0 Å². The minimum absolute atomic E-state index is 0.115. The van der Waals surface area contributed by atoms with E-state index in [9.17, 15) is 0 Å². The topological polar surface area (TPSA) is 64.9 Å².